The molecule has 10 rings (SSSR count). The number of ether oxygens (including phenoxy) is 4. The maximum atomic E-state index is 12.7. The smallest absolute Gasteiger partial charge is 0.263 e. The van der Waals surface area contributed by atoms with Crippen LogP contribution in [0.3, 0.4) is 0 Å². The SMILES string of the molecule is COc1ccc2c(C)cc(=O)n(CCC=O)c2c1.COc1ccc2c(C)cc(=O)n(CCCC[C@@H]3CC(=O)N(c4ccc5c(n4)NC(=O)CO5)C3)c2c1.N[C@@H]1CC(=O)N(c2ccc3c(n2)NC(=O)CO3)C1. The molecule has 20 nitrogen and oxygen atoms in total. The van der Waals surface area contributed by atoms with Crippen molar-refractivity contribution < 1.29 is 42.9 Å². The summed E-state index contributed by atoms with van der Waals surface area (Å²) in [4.78, 5) is 94.1. The molecule has 0 bridgehead atoms. The molecule has 2 saturated heterocycles. The Morgan fingerprint density at radius 1 is 0.662 bits per heavy atom. The first-order chi connectivity index (χ1) is 34.2. The standard InChI is InChI=1S/C26H28N4O5.C14H15NO3.C11H12N4O3/c1-16-11-24(32)29(20-13-18(34-2)6-7-19(16)20)10-4-3-5-17-12-25(33)30(14-17)22-9-8-21-26(27-22)28-23(31)15-35-21;1-10-8-14(17)15(6-3-7-16)13-9-11(18-2)4-5-12(10)13;12-6-3-10(17)15(4-6)8-2-1-7-11(13-8)14-9(16)5-18-7/h6-9,11,13,17H,3-5,10,12,14-15H2,1-2H3,(H,27,28,31);4-5,7-9H,3,6H2,1-2H3;1-2,6H,3-5,12H2,(H,13,14,16)/t17-;;6-/m1.1/s1. The van der Waals surface area contributed by atoms with E-state index in [0.29, 0.717) is 86.0 Å². The second-order valence-corrected chi connectivity index (χ2v) is 17.6. The first-order valence-electron chi connectivity index (χ1n) is 23.3. The summed E-state index contributed by atoms with van der Waals surface area (Å²) in [7, 11) is 3.21. The van der Waals surface area contributed by atoms with Gasteiger partial charge in [-0.3, -0.25) is 38.6 Å². The summed E-state index contributed by atoms with van der Waals surface area (Å²) >= 11 is 0. The second kappa shape index (κ2) is 21.7. The zero-order valence-corrected chi connectivity index (χ0v) is 39.9. The van der Waals surface area contributed by atoms with Gasteiger partial charge in [0.25, 0.3) is 22.9 Å². The number of nitrogens with zero attached hydrogens (tertiary/aromatic N) is 6. The maximum Gasteiger partial charge on any atom is 0.263 e. The van der Waals surface area contributed by atoms with Crippen LogP contribution >= 0.6 is 0 Å². The number of carbonyl (C=O) groups excluding carboxylic acids is 5. The summed E-state index contributed by atoms with van der Waals surface area (Å²) in [5.41, 5.74) is 9.20. The summed E-state index contributed by atoms with van der Waals surface area (Å²) in [6.07, 6.45) is 4.55. The Kier molecular flexibility index (Phi) is 15.0. The number of aldehydes is 1. The first kappa shape index (κ1) is 49.3. The minimum atomic E-state index is -0.258. The van der Waals surface area contributed by atoms with Gasteiger partial charge >= 0.3 is 0 Å². The largest absolute Gasteiger partial charge is 0.497 e. The Bertz CT molecular complexity index is 3170. The molecule has 4 aliphatic rings. The number of unbranched alkanes of at least 4 members (excludes halogenated alkanes) is 1. The molecule has 0 radical (unpaired) electrons. The molecule has 4 aliphatic heterocycles. The molecule has 2 aromatic carbocycles. The van der Waals surface area contributed by atoms with Crippen LogP contribution in [0.2, 0.25) is 0 Å². The van der Waals surface area contributed by atoms with Gasteiger partial charge in [-0.05, 0) is 92.3 Å². The number of hydrogen-bond donors (Lipinski definition) is 3. The number of rotatable bonds is 12. The average Bonchev–Trinajstić information content (AvgIpc) is 3.91. The van der Waals surface area contributed by atoms with Crippen molar-refractivity contribution in [3.63, 3.8) is 0 Å². The molecule has 71 heavy (non-hydrogen) atoms. The van der Waals surface area contributed by atoms with Crippen molar-refractivity contribution in [1.82, 2.24) is 19.1 Å². The lowest BCUT2D eigenvalue weighted by Crippen LogP contribution is -2.30. The van der Waals surface area contributed by atoms with Crippen LogP contribution in [-0.2, 0) is 37.1 Å². The van der Waals surface area contributed by atoms with Gasteiger partial charge in [-0.15, -0.1) is 0 Å². The van der Waals surface area contributed by atoms with Gasteiger partial charge < -0.3 is 49.2 Å². The van der Waals surface area contributed by atoms with E-state index in [9.17, 15) is 33.6 Å². The Labute approximate surface area is 407 Å². The molecule has 370 valence electrons. The zero-order valence-electron chi connectivity index (χ0n) is 39.9. The van der Waals surface area contributed by atoms with Gasteiger partial charge in [-0.2, -0.15) is 0 Å². The van der Waals surface area contributed by atoms with E-state index in [1.807, 2.05) is 54.8 Å². The summed E-state index contributed by atoms with van der Waals surface area (Å²) in [5, 5.41) is 7.34. The number of benzene rings is 2. The van der Waals surface area contributed by atoms with Gasteiger partial charge in [0.15, 0.2) is 36.3 Å². The molecule has 2 atom stereocenters. The van der Waals surface area contributed by atoms with E-state index in [0.717, 1.165) is 64.2 Å². The fourth-order valence-corrected chi connectivity index (χ4v) is 9.02. The van der Waals surface area contributed by atoms with E-state index in [2.05, 4.69) is 20.6 Å². The Morgan fingerprint density at radius 3 is 1.66 bits per heavy atom. The van der Waals surface area contributed by atoms with Crippen LogP contribution in [0, 0.1) is 19.8 Å². The number of aryl methyl sites for hydroxylation is 4. The van der Waals surface area contributed by atoms with Crippen molar-refractivity contribution in [2.45, 2.75) is 71.5 Å². The average molecular weight is 970 g/mol. The highest BCUT2D eigenvalue weighted by molar-refractivity contribution is 5.98. The van der Waals surface area contributed by atoms with Gasteiger partial charge in [0.2, 0.25) is 11.8 Å². The van der Waals surface area contributed by atoms with Crippen molar-refractivity contribution >= 4 is 75.0 Å². The highest BCUT2D eigenvalue weighted by Crippen LogP contribution is 2.33. The van der Waals surface area contributed by atoms with Crippen molar-refractivity contribution in [1.29, 1.82) is 0 Å². The van der Waals surface area contributed by atoms with Crippen molar-refractivity contribution in [3.8, 4) is 23.0 Å². The van der Waals surface area contributed by atoms with E-state index >= 15 is 0 Å². The number of methoxy groups -OCH3 is 2. The predicted molar refractivity (Wildman–Crippen MR) is 266 cm³/mol. The van der Waals surface area contributed by atoms with Crippen LogP contribution in [0.15, 0.2) is 82.4 Å². The molecule has 20 heteroatoms. The van der Waals surface area contributed by atoms with Gasteiger partial charge in [-0.1, -0.05) is 6.42 Å². The number of hydrogen-bond acceptors (Lipinski definition) is 14. The fourth-order valence-electron chi connectivity index (χ4n) is 9.02. The molecule has 6 aromatic rings. The molecule has 0 aliphatic carbocycles. The molecule has 0 spiro atoms. The predicted octanol–water partition coefficient (Wildman–Crippen LogP) is 4.65. The number of carbonyl (C=O) groups is 5. The Balaban J connectivity index is 0.000000158. The molecule has 0 unspecified atom stereocenters. The second-order valence-electron chi connectivity index (χ2n) is 17.6. The third kappa shape index (κ3) is 11.2. The van der Waals surface area contributed by atoms with E-state index in [4.69, 9.17) is 24.7 Å². The third-order valence-electron chi connectivity index (χ3n) is 12.6. The van der Waals surface area contributed by atoms with E-state index in [1.54, 1.807) is 60.1 Å². The molecule has 4 amide bonds. The van der Waals surface area contributed by atoms with Gasteiger partial charge in [0.05, 0.1) is 25.3 Å². The number of nitrogens with two attached hydrogens (primary N) is 1. The maximum absolute atomic E-state index is 12.7. The lowest BCUT2D eigenvalue weighted by Gasteiger charge is -2.21. The number of fused-ring (bicyclic) bond motifs is 4. The number of amides is 4. The quantitative estimate of drug-likeness (QED) is 0.112. The van der Waals surface area contributed by atoms with E-state index in [-0.39, 0.29) is 59.9 Å². The summed E-state index contributed by atoms with van der Waals surface area (Å²) < 4.78 is 24.5. The number of pyridine rings is 4. The Morgan fingerprint density at radius 2 is 1.17 bits per heavy atom. The minimum Gasteiger partial charge on any atom is -0.497 e. The fraction of sp³-hybridized carbons (Fsp3) is 0.353. The van der Waals surface area contributed by atoms with Crippen molar-refractivity contribution in [2.75, 3.05) is 61.0 Å². The minimum absolute atomic E-state index is 0.0124. The zero-order chi connectivity index (χ0) is 50.3. The highest BCUT2D eigenvalue weighted by Gasteiger charge is 2.33. The number of anilines is 4. The molecule has 4 N–H and O–H groups in total. The van der Waals surface area contributed by atoms with Crippen LogP contribution in [0.4, 0.5) is 23.3 Å². The molecular weight excluding hydrogens is 915 g/mol. The molecule has 4 aromatic heterocycles. The van der Waals surface area contributed by atoms with E-state index in [1.165, 1.54) is 4.90 Å². The molecule has 8 heterocycles. The van der Waals surface area contributed by atoms with Crippen molar-refractivity contribution in [3.05, 3.63) is 105 Å². The van der Waals surface area contributed by atoms with Crippen LogP contribution in [0.1, 0.15) is 49.7 Å². The third-order valence-corrected chi connectivity index (χ3v) is 12.6. The lowest BCUT2D eigenvalue weighted by molar-refractivity contribution is -0.119. The van der Waals surface area contributed by atoms with E-state index < -0.39 is 0 Å². The summed E-state index contributed by atoms with van der Waals surface area (Å²) in [6, 6.07) is 21.4. The van der Waals surface area contributed by atoms with Crippen LogP contribution in [0.5, 0.6) is 23.0 Å². The highest BCUT2D eigenvalue weighted by atomic mass is 16.5. The van der Waals surface area contributed by atoms with Crippen LogP contribution < -0.4 is 56.2 Å². The molecule has 2 fully saturated rings. The van der Waals surface area contributed by atoms with Crippen LogP contribution in [-0.4, -0.2) is 95.6 Å². The van der Waals surface area contributed by atoms with Crippen LogP contribution in [0.25, 0.3) is 21.8 Å². The monoisotopic (exact) mass is 969 g/mol. The van der Waals surface area contributed by atoms with Gasteiger partial charge in [0, 0.05) is 86.5 Å². The number of aromatic nitrogens is 4. The molecular formula is C51H55N9O11. The van der Waals surface area contributed by atoms with Gasteiger partial charge in [-0.25, -0.2) is 9.97 Å². The van der Waals surface area contributed by atoms with Gasteiger partial charge in [0.1, 0.15) is 29.4 Å². The number of nitrogens with one attached hydrogen (secondary N) is 2. The normalized spacial score (nSPS) is 16.9. The molecule has 0 saturated carbocycles. The summed E-state index contributed by atoms with van der Waals surface area (Å²) in [6.45, 7) is 5.84. The first-order valence-corrected chi connectivity index (χ1v) is 23.3. The summed E-state index contributed by atoms with van der Waals surface area (Å²) in [5.74, 6) is 3.82. The van der Waals surface area contributed by atoms with Crippen molar-refractivity contribution in [2.24, 2.45) is 11.7 Å². The lowest BCUT2D eigenvalue weighted by atomic mass is 10.0. The Hall–Kier alpha value is -8.13. The topological polar surface area (TPSA) is 249 Å².